The zero-order chi connectivity index (χ0) is 38.0. The van der Waals surface area contributed by atoms with Gasteiger partial charge >= 0.3 is 12.1 Å². The van der Waals surface area contributed by atoms with E-state index in [4.69, 9.17) is 14.2 Å². The molecular weight excluding hydrogens is 693 g/mol. The van der Waals surface area contributed by atoms with Gasteiger partial charge in [0.2, 0.25) is 0 Å². The fourth-order valence-electron chi connectivity index (χ4n) is 6.97. The summed E-state index contributed by atoms with van der Waals surface area (Å²) in [5, 5.41) is 10.9. The lowest BCUT2D eigenvalue weighted by Gasteiger charge is -2.32. The van der Waals surface area contributed by atoms with Gasteiger partial charge in [-0.05, 0) is 117 Å². The van der Waals surface area contributed by atoms with Crippen LogP contribution in [0.5, 0.6) is 5.75 Å². The number of rotatable bonds is 9. The first-order chi connectivity index (χ1) is 25.2. The van der Waals surface area contributed by atoms with Crippen molar-refractivity contribution in [2.75, 3.05) is 25.6 Å². The van der Waals surface area contributed by atoms with E-state index in [2.05, 4.69) is 33.9 Å². The molecule has 1 fully saturated rings. The molecule has 0 spiro atoms. The lowest BCUT2D eigenvalue weighted by molar-refractivity contribution is 0.0522. The molecule has 0 unspecified atom stereocenters. The Labute approximate surface area is 313 Å². The number of thiophene rings is 1. The van der Waals surface area contributed by atoms with Crippen molar-refractivity contribution in [2.24, 2.45) is 11.8 Å². The smallest absolute Gasteiger partial charge is 0.407 e. The van der Waals surface area contributed by atoms with Crippen LogP contribution in [0.1, 0.15) is 94.1 Å². The van der Waals surface area contributed by atoms with Crippen LogP contribution >= 0.6 is 11.3 Å². The quantitative estimate of drug-likeness (QED) is 0.147. The summed E-state index contributed by atoms with van der Waals surface area (Å²) in [4.78, 5) is 58.7. The highest BCUT2D eigenvalue weighted by atomic mass is 32.1. The van der Waals surface area contributed by atoms with Crippen LogP contribution in [0.2, 0.25) is 0 Å². The second-order valence-electron chi connectivity index (χ2n) is 14.9. The van der Waals surface area contributed by atoms with Gasteiger partial charge in [0.15, 0.2) is 5.69 Å². The standard InChI is InChI=1S/C41H46N4O7S/c1-22-14-25(15-22)20-42-38(47)32-9-8-28(35(44-32)39(48)50-7)29-19-33-31(36-27(10-12-51-33)11-13-53-36)18-30(29)37(46)45-34-23(2)16-26(17-24(34)3)21-43-40(49)52-41(4,5)6/h8-9,11,13,16-19,22,25H,10,12,14-15,20-21H2,1-7H3,(H,42,47)(H,43,49)(H,45,46). The maximum absolute atomic E-state index is 14.5. The molecule has 3 amide bonds. The van der Waals surface area contributed by atoms with Crippen molar-refractivity contribution >= 4 is 40.9 Å². The number of nitrogens with zero attached hydrogens (tertiary/aromatic N) is 1. The number of hydrogen-bond acceptors (Lipinski definition) is 9. The maximum atomic E-state index is 14.5. The van der Waals surface area contributed by atoms with E-state index in [0.29, 0.717) is 54.0 Å². The predicted octanol–water partition coefficient (Wildman–Crippen LogP) is 7.87. The van der Waals surface area contributed by atoms with Crippen LogP contribution in [0.3, 0.4) is 0 Å². The molecule has 12 heteroatoms. The number of carbonyl (C=O) groups excluding carboxylic acids is 4. The van der Waals surface area contributed by atoms with E-state index < -0.39 is 23.6 Å². The van der Waals surface area contributed by atoms with E-state index in [9.17, 15) is 19.2 Å². The summed E-state index contributed by atoms with van der Waals surface area (Å²) < 4.78 is 16.7. The molecular formula is C41H46N4O7S. The third-order valence-corrected chi connectivity index (χ3v) is 10.5. The number of anilines is 1. The number of carbonyl (C=O) groups is 4. The van der Waals surface area contributed by atoms with E-state index in [0.717, 1.165) is 45.5 Å². The zero-order valence-electron chi connectivity index (χ0n) is 31.2. The van der Waals surface area contributed by atoms with Crippen molar-refractivity contribution < 1.29 is 33.4 Å². The minimum absolute atomic E-state index is 0.0780. The Hall–Kier alpha value is -5.23. The van der Waals surface area contributed by atoms with Gasteiger partial charge in [-0.2, -0.15) is 0 Å². The lowest BCUT2D eigenvalue weighted by Crippen LogP contribution is -2.35. The third kappa shape index (κ3) is 8.54. The Morgan fingerprint density at radius 3 is 2.36 bits per heavy atom. The van der Waals surface area contributed by atoms with Gasteiger partial charge in [-0.3, -0.25) is 9.59 Å². The predicted molar refractivity (Wildman–Crippen MR) is 205 cm³/mol. The number of nitrogens with one attached hydrogen (secondary N) is 3. The van der Waals surface area contributed by atoms with Gasteiger partial charge in [-0.25, -0.2) is 14.6 Å². The molecule has 53 heavy (non-hydrogen) atoms. The van der Waals surface area contributed by atoms with Crippen molar-refractivity contribution in [2.45, 2.75) is 73.0 Å². The topological polar surface area (TPSA) is 145 Å². The van der Waals surface area contributed by atoms with E-state index in [1.54, 1.807) is 56.4 Å². The summed E-state index contributed by atoms with van der Waals surface area (Å²) in [6.45, 7) is 12.6. The van der Waals surface area contributed by atoms with Crippen LogP contribution in [0.4, 0.5) is 10.5 Å². The highest BCUT2D eigenvalue weighted by Crippen LogP contribution is 2.43. The molecule has 0 atom stereocenters. The van der Waals surface area contributed by atoms with Crippen LogP contribution in [-0.2, 0) is 22.4 Å². The van der Waals surface area contributed by atoms with E-state index in [1.165, 1.54) is 7.11 Å². The van der Waals surface area contributed by atoms with Crippen molar-refractivity contribution in [1.29, 1.82) is 0 Å². The molecule has 2 aliphatic rings. The maximum Gasteiger partial charge on any atom is 0.407 e. The number of aromatic nitrogens is 1. The minimum Gasteiger partial charge on any atom is -0.493 e. The highest BCUT2D eigenvalue weighted by molar-refractivity contribution is 7.13. The first kappa shape index (κ1) is 37.5. The van der Waals surface area contributed by atoms with Crippen molar-refractivity contribution in [3.8, 4) is 27.3 Å². The SMILES string of the molecule is COC(=O)c1nc(C(=O)NCC2CC(C)C2)ccc1-c1cc2c(cc1C(=O)Nc1c(C)cc(CNC(=O)OC(C)(C)C)cc1C)-c1sccc1CCO2. The molecule has 2 aromatic heterocycles. The second-order valence-corrected chi connectivity index (χ2v) is 15.8. The van der Waals surface area contributed by atoms with Crippen LogP contribution in [0.25, 0.3) is 21.6 Å². The average Bonchev–Trinajstić information content (AvgIpc) is 3.49. The summed E-state index contributed by atoms with van der Waals surface area (Å²) in [5.74, 6) is 0.110. The molecule has 0 bridgehead atoms. The molecule has 278 valence electrons. The van der Waals surface area contributed by atoms with Gasteiger partial charge in [0.05, 0.1) is 13.7 Å². The van der Waals surface area contributed by atoms with Crippen LogP contribution in [0.15, 0.2) is 47.8 Å². The van der Waals surface area contributed by atoms with Gasteiger partial charge in [-0.15, -0.1) is 11.3 Å². The van der Waals surface area contributed by atoms with Crippen LogP contribution in [0, 0.1) is 25.7 Å². The highest BCUT2D eigenvalue weighted by Gasteiger charge is 2.29. The van der Waals surface area contributed by atoms with Crippen LogP contribution < -0.4 is 20.7 Å². The summed E-state index contributed by atoms with van der Waals surface area (Å²) in [5.41, 5.74) is 5.32. The molecule has 1 aliphatic carbocycles. The Morgan fingerprint density at radius 2 is 1.68 bits per heavy atom. The fraction of sp³-hybridized carbons (Fsp3) is 0.390. The first-order valence-corrected chi connectivity index (χ1v) is 18.7. The number of fused-ring (bicyclic) bond motifs is 3. The zero-order valence-corrected chi connectivity index (χ0v) is 32.0. The molecule has 3 heterocycles. The summed E-state index contributed by atoms with van der Waals surface area (Å²) in [6.07, 6.45) is 2.31. The molecule has 11 nitrogen and oxygen atoms in total. The van der Waals surface area contributed by atoms with Gasteiger partial charge in [0, 0.05) is 52.3 Å². The number of pyridine rings is 1. The van der Waals surface area contributed by atoms with Gasteiger partial charge in [0.1, 0.15) is 17.0 Å². The Kier molecular flexibility index (Phi) is 10.9. The summed E-state index contributed by atoms with van der Waals surface area (Å²) >= 11 is 1.57. The first-order valence-electron chi connectivity index (χ1n) is 17.8. The molecule has 1 saturated carbocycles. The minimum atomic E-state index is -0.743. The van der Waals surface area contributed by atoms with E-state index in [1.807, 2.05) is 31.4 Å². The normalized spacial score (nSPS) is 16.1. The fourth-order valence-corrected chi connectivity index (χ4v) is 7.94. The lowest BCUT2D eigenvalue weighted by atomic mass is 9.76. The van der Waals surface area contributed by atoms with Gasteiger partial charge in [-0.1, -0.05) is 19.1 Å². The monoisotopic (exact) mass is 738 g/mol. The van der Waals surface area contributed by atoms with E-state index >= 15 is 0 Å². The molecule has 2 aromatic carbocycles. The van der Waals surface area contributed by atoms with Crippen LogP contribution in [-0.4, -0.2) is 54.7 Å². The summed E-state index contributed by atoms with van der Waals surface area (Å²) in [6, 6.07) is 12.6. The molecule has 1 aliphatic heterocycles. The molecule has 6 rings (SSSR count). The number of methoxy groups -OCH3 is 1. The Bertz CT molecular complexity index is 2050. The molecule has 4 aromatic rings. The Balaban J connectivity index is 1.36. The largest absolute Gasteiger partial charge is 0.493 e. The second kappa shape index (κ2) is 15.4. The van der Waals surface area contributed by atoms with Crippen molar-refractivity contribution in [3.05, 3.63) is 87.0 Å². The number of hydrogen-bond donors (Lipinski definition) is 3. The number of alkyl carbamates (subject to hydrolysis) is 1. The molecule has 0 radical (unpaired) electrons. The molecule has 3 N–H and O–H groups in total. The van der Waals surface area contributed by atoms with Crippen molar-refractivity contribution in [3.63, 3.8) is 0 Å². The third-order valence-electron chi connectivity index (χ3n) is 9.47. The summed E-state index contributed by atoms with van der Waals surface area (Å²) in [7, 11) is 1.25. The number of amides is 3. The average molecular weight is 739 g/mol. The number of ether oxygens (including phenoxy) is 3. The number of esters is 1. The number of aryl methyl sites for hydroxylation is 2. The van der Waals surface area contributed by atoms with Gasteiger partial charge in [0.25, 0.3) is 11.8 Å². The van der Waals surface area contributed by atoms with Crippen molar-refractivity contribution in [1.82, 2.24) is 15.6 Å². The number of benzene rings is 2. The van der Waals surface area contributed by atoms with Gasteiger partial charge < -0.3 is 30.2 Å². The van der Waals surface area contributed by atoms with E-state index in [-0.39, 0.29) is 29.4 Å². The molecule has 0 saturated heterocycles. The Morgan fingerprint density at radius 1 is 0.943 bits per heavy atom.